The lowest BCUT2D eigenvalue weighted by Gasteiger charge is -2.15. The van der Waals surface area contributed by atoms with Gasteiger partial charge in [0.1, 0.15) is 24.0 Å². The number of ether oxygens (including phenoxy) is 1. The summed E-state index contributed by atoms with van der Waals surface area (Å²) in [4.78, 5) is 21.7. The number of aryl methyl sites for hydroxylation is 1. The number of oxime groups is 1. The van der Waals surface area contributed by atoms with Gasteiger partial charge in [0, 0.05) is 17.9 Å². The third-order valence-corrected chi connectivity index (χ3v) is 6.60. The zero-order valence-electron chi connectivity index (χ0n) is 18.1. The third kappa shape index (κ3) is 5.56. The van der Waals surface area contributed by atoms with Gasteiger partial charge in [-0.05, 0) is 36.8 Å². The standard InChI is InChI=1S/C24H21F3N2O4S/c1-14-21(34-23(28-14)16-2-6-17(7-3-16)24(25,26)27)13-32-18-8-4-15(5-9-18)19(12-22(30)31)20-10-11-33-29-20/h2-9,19H,10-13H2,1H3,(H,30,31). The Kier molecular flexibility index (Phi) is 6.87. The van der Waals surface area contributed by atoms with Crippen LogP contribution in [-0.2, 0) is 22.4 Å². The second-order valence-corrected chi connectivity index (χ2v) is 8.86. The van der Waals surface area contributed by atoms with E-state index in [1.54, 1.807) is 12.1 Å². The Morgan fingerprint density at radius 2 is 1.88 bits per heavy atom. The van der Waals surface area contributed by atoms with Crippen molar-refractivity contribution in [3.05, 3.63) is 70.2 Å². The summed E-state index contributed by atoms with van der Waals surface area (Å²) in [6, 6.07) is 12.1. The van der Waals surface area contributed by atoms with Crippen molar-refractivity contribution in [2.24, 2.45) is 5.16 Å². The molecule has 4 rings (SSSR count). The van der Waals surface area contributed by atoms with Gasteiger partial charge in [0.15, 0.2) is 0 Å². The average Bonchev–Trinajstić information content (AvgIpc) is 3.46. The maximum absolute atomic E-state index is 12.8. The van der Waals surface area contributed by atoms with Gasteiger partial charge in [-0.25, -0.2) is 4.98 Å². The molecule has 1 aromatic heterocycles. The summed E-state index contributed by atoms with van der Waals surface area (Å²) in [5, 5.41) is 13.9. The molecule has 1 aliphatic rings. The van der Waals surface area contributed by atoms with E-state index in [1.807, 2.05) is 19.1 Å². The van der Waals surface area contributed by atoms with Crippen LogP contribution in [0.2, 0.25) is 0 Å². The van der Waals surface area contributed by atoms with Gasteiger partial charge < -0.3 is 14.7 Å². The maximum atomic E-state index is 12.8. The van der Waals surface area contributed by atoms with Crippen LogP contribution in [0.15, 0.2) is 53.7 Å². The molecular weight excluding hydrogens is 469 g/mol. The second kappa shape index (κ2) is 9.84. The lowest BCUT2D eigenvalue weighted by Crippen LogP contribution is -2.15. The zero-order chi connectivity index (χ0) is 24.3. The fourth-order valence-corrected chi connectivity index (χ4v) is 4.58. The van der Waals surface area contributed by atoms with Crippen molar-refractivity contribution in [2.45, 2.75) is 38.5 Å². The van der Waals surface area contributed by atoms with Gasteiger partial charge >= 0.3 is 12.1 Å². The van der Waals surface area contributed by atoms with E-state index in [4.69, 9.17) is 9.57 Å². The molecule has 1 atom stereocenters. The summed E-state index contributed by atoms with van der Waals surface area (Å²) in [5.41, 5.74) is 2.19. The number of nitrogens with zero attached hydrogens (tertiary/aromatic N) is 2. The number of carboxylic acids is 1. The smallest absolute Gasteiger partial charge is 0.416 e. The van der Waals surface area contributed by atoms with Gasteiger partial charge in [0.05, 0.1) is 28.3 Å². The van der Waals surface area contributed by atoms with Crippen LogP contribution in [0.5, 0.6) is 5.75 Å². The Morgan fingerprint density at radius 1 is 1.18 bits per heavy atom. The highest BCUT2D eigenvalue weighted by Crippen LogP contribution is 2.33. The lowest BCUT2D eigenvalue weighted by molar-refractivity contribution is -0.138. The first-order valence-electron chi connectivity index (χ1n) is 10.5. The molecule has 1 unspecified atom stereocenters. The van der Waals surface area contributed by atoms with E-state index < -0.39 is 17.7 Å². The van der Waals surface area contributed by atoms with Crippen LogP contribution < -0.4 is 4.74 Å². The van der Waals surface area contributed by atoms with Gasteiger partial charge in [-0.1, -0.05) is 29.4 Å². The molecule has 0 amide bonds. The number of aromatic nitrogens is 1. The highest BCUT2D eigenvalue weighted by Gasteiger charge is 2.30. The molecule has 6 nitrogen and oxygen atoms in total. The van der Waals surface area contributed by atoms with E-state index in [-0.39, 0.29) is 18.9 Å². The molecule has 178 valence electrons. The van der Waals surface area contributed by atoms with Gasteiger partial charge in [0.2, 0.25) is 0 Å². The van der Waals surface area contributed by atoms with Gasteiger partial charge in [-0.3, -0.25) is 4.79 Å². The number of thiazole rings is 1. The number of alkyl halides is 3. The summed E-state index contributed by atoms with van der Waals surface area (Å²) < 4.78 is 44.2. The molecule has 34 heavy (non-hydrogen) atoms. The molecule has 10 heteroatoms. The summed E-state index contributed by atoms with van der Waals surface area (Å²) >= 11 is 1.36. The van der Waals surface area contributed by atoms with Crippen LogP contribution in [0.3, 0.4) is 0 Å². The third-order valence-electron chi connectivity index (χ3n) is 5.42. The van der Waals surface area contributed by atoms with Gasteiger partial charge in [-0.2, -0.15) is 13.2 Å². The molecule has 0 fully saturated rings. The maximum Gasteiger partial charge on any atom is 0.416 e. The quantitative estimate of drug-likeness (QED) is 0.416. The number of carbonyl (C=O) groups is 1. The molecule has 0 spiro atoms. The van der Waals surface area contributed by atoms with Crippen molar-refractivity contribution in [1.82, 2.24) is 4.98 Å². The average molecular weight is 491 g/mol. The van der Waals surface area contributed by atoms with Crippen molar-refractivity contribution < 1.29 is 32.6 Å². The number of benzene rings is 2. The highest BCUT2D eigenvalue weighted by molar-refractivity contribution is 7.15. The first-order valence-corrected chi connectivity index (χ1v) is 11.3. The molecule has 3 aromatic rings. The van der Waals surface area contributed by atoms with Crippen LogP contribution >= 0.6 is 11.3 Å². The fraction of sp³-hybridized carbons (Fsp3) is 0.292. The molecule has 0 saturated carbocycles. The van der Waals surface area contributed by atoms with Crippen molar-refractivity contribution in [3.63, 3.8) is 0 Å². The number of halogens is 3. The zero-order valence-corrected chi connectivity index (χ0v) is 18.9. The van der Waals surface area contributed by atoms with E-state index in [1.165, 1.54) is 23.5 Å². The highest BCUT2D eigenvalue weighted by atomic mass is 32.1. The van der Waals surface area contributed by atoms with Crippen molar-refractivity contribution in [1.29, 1.82) is 0 Å². The molecule has 0 saturated heterocycles. The van der Waals surface area contributed by atoms with Crippen molar-refractivity contribution >= 4 is 23.0 Å². The second-order valence-electron chi connectivity index (χ2n) is 7.78. The molecular formula is C24H21F3N2O4S. The minimum atomic E-state index is -4.38. The Bertz CT molecular complexity index is 1190. The van der Waals surface area contributed by atoms with E-state index in [9.17, 15) is 23.1 Å². The fourth-order valence-electron chi connectivity index (χ4n) is 3.60. The molecule has 2 heterocycles. The van der Waals surface area contributed by atoms with Crippen LogP contribution in [0.1, 0.15) is 40.5 Å². The number of carboxylic acid groups (broad SMARTS) is 1. The predicted octanol–water partition coefficient (Wildman–Crippen LogP) is 6.05. The minimum Gasteiger partial charge on any atom is -0.488 e. The van der Waals surface area contributed by atoms with Crippen molar-refractivity contribution in [3.8, 4) is 16.3 Å². The number of aliphatic carboxylic acids is 1. The number of rotatable bonds is 8. The van der Waals surface area contributed by atoms with Crippen LogP contribution in [0.25, 0.3) is 10.6 Å². The Labute approximate surface area is 197 Å². The monoisotopic (exact) mass is 490 g/mol. The largest absolute Gasteiger partial charge is 0.488 e. The molecule has 0 aliphatic carbocycles. The number of hydrogen-bond donors (Lipinski definition) is 1. The minimum absolute atomic E-state index is 0.0742. The summed E-state index contributed by atoms with van der Waals surface area (Å²) in [7, 11) is 0. The summed E-state index contributed by atoms with van der Waals surface area (Å²) in [6.07, 6.45) is -3.85. The van der Waals surface area contributed by atoms with E-state index >= 15 is 0 Å². The first kappa shape index (κ1) is 23.7. The van der Waals surface area contributed by atoms with Crippen LogP contribution in [0, 0.1) is 6.92 Å². The lowest BCUT2D eigenvalue weighted by atomic mass is 9.89. The molecule has 1 N–H and O–H groups in total. The van der Waals surface area contributed by atoms with Crippen LogP contribution in [0.4, 0.5) is 13.2 Å². The SMILES string of the molecule is Cc1nc(-c2ccc(C(F)(F)F)cc2)sc1COc1ccc(C(CC(=O)O)C2=NOCC2)cc1. The van der Waals surface area contributed by atoms with Gasteiger partial charge in [0.25, 0.3) is 0 Å². The van der Waals surface area contributed by atoms with Crippen molar-refractivity contribution in [2.75, 3.05) is 6.61 Å². The molecule has 0 bridgehead atoms. The molecule has 0 radical (unpaired) electrons. The summed E-state index contributed by atoms with van der Waals surface area (Å²) in [5.74, 6) is -0.667. The van der Waals surface area contributed by atoms with E-state index in [2.05, 4.69) is 10.1 Å². The van der Waals surface area contributed by atoms with Crippen LogP contribution in [-0.4, -0.2) is 28.4 Å². The topological polar surface area (TPSA) is 81.0 Å². The van der Waals surface area contributed by atoms with E-state index in [0.29, 0.717) is 35.1 Å². The predicted molar refractivity (Wildman–Crippen MR) is 121 cm³/mol. The van der Waals surface area contributed by atoms with Gasteiger partial charge in [-0.15, -0.1) is 11.3 Å². The first-order chi connectivity index (χ1) is 16.2. The Balaban J connectivity index is 1.43. The molecule has 2 aromatic carbocycles. The Hall–Kier alpha value is -3.40. The normalized spacial score (nSPS) is 14.4. The molecule has 1 aliphatic heterocycles. The summed E-state index contributed by atoms with van der Waals surface area (Å²) in [6.45, 7) is 2.53. The number of hydrogen-bond acceptors (Lipinski definition) is 6. The Morgan fingerprint density at radius 3 is 2.47 bits per heavy atom. The van der Waals surface area contributed by atoms with E-state index in [0.717, 1.165) is 28.3 Å².